The maximum atomic E-state index is 13.3. The van der Waals surface area contributed by atoms with E-state index in [1.165, 1.54) is 18.0 Å². The molecular formula is C31H42F3N5O5. The first-order valence-electron chi connectivity index (χ1n) is 14.0. The minimum Gasteiger partial charge on any atom is -0.480 e. The first kappa shape index (κ1) is 36.2. The van der Waals surface area contributed by atoms with Gasteiger partial charge in [-0.15, -0.1) is 0 Å². The number of hydrogen-bond donors (Lipinski definition) is 4. The van der Waals surface area contributed by atoms with Crippen LogP contribution in [0.25, 0.3) is 17.0 Å². The molecule has 3 amide bonds. The molecule has 1 saturated heterocycles. The van der Waals surface area contributed by atoms with Gasteiger partial charge in [0, 0.05) is 11.9 Å². The van der Waals surface area contributed by atoms with E-state index in [0.29, 0.717) is 35.9 Å². The molecule has 3 unspecified atom stereocenters. The molecule has 0 radical (unpaired) electrons. The minimum absolute atomic E-state index is 0. The highest BCUT2D eigenvalue weighted by Crippen LogP contribution is 2.24. The van der Waals surface area contributed by atoms with Crippen molar-refractivity contribution < 1.29 is 37.5 Å². The third-order valence-corrected chi connectivity index (χ3v) is 7.15. The van der Waals surface area contributed by atoms with Crippen molar-refractivity contribution in [1.82, 2.24) is 26.1 Å². The normalized spacial score (nSPS) is 17.2. The van der Waals surface area contributed by atoms with Gasteiger partial charge in [0.1, 0.15) is 18.1 Å². The van der Waals surface area contributed by atoms with E-state index in [2.05, 4.69) is 21.0 Å². The van der Waals surface area contributed by atoms with Gasteiger partial charge in [-0.05, 0) is 57.2 Å². The van der Waals surface area contributed by atoms with Crippen molar-refractivity contribution in [3.63, 3.8) is 0 Å². The van der Waals surface area contributed by atoms with Gasteiger partial charge in [0.2, 0.25) is 11.8 Å². The number of carbonyl (C=O) groups is 4. The van der Waals surface area contributed by atoms with Gasteiger partial charge in [0.05, 0.1) is 23.0 Å². The van der Waals surface area contributed by atoms with Crippen LogP contribution < -0.4 is 16.1 Å². The molecule has 0 bridgehead atoms. The van der Waals surface area contributed by atoms with Gasteiger partial charge in [-0.3, -0.25) is 29.2 Å². The zero-order valence-corrected chi connectivity index (χ0v) is 24.8. The molecule has 3 rings (SSSR count). The number of amides is 3. The van der Waals surface area contributed by atoms with Gasteiger partial charge in [-0.2, -0.15) is 13.2 Å². The SMILES string of the molecule is C.CC(NC(=O)C(NC(=O)C(C)(C)/C=C/c1ccc2ccc(CC(F)(F)F)nc2c1)C(C)C)C(=O)N1CCCC(C(=O)O)N1. The third-order valence-electron chi connectivity index (χ3n) is 7.15. The molecule has 3 atom stereocenters. The lowest BCUT2D eigenvalue weighted by Gasteiger charge is -2.34. The van der Waals surface area contributed by atoms with Crippen molar-refractivity contribution in [3.05, 3.63) is 47.7 Å². The van der Waals surface area contributed by atoms with Gasteiger partial charge in [0.25, 0.3) is 5.91 Å². The molecule has 10 nitrogen and oxygen atoms in total. The van der Waals surface area contributed by atoms with E-state index in [4.69, 9.17) is 0 Å². The van der Waals surface area contributed by atoms with Crippen LogP contribution >= 0.6 is 0 Å². The molecular weight excluding hydrogens is 579 g/mol. The number of carbonyl (C=O) groups excluding carboxylic acids is 3. The van der Waals surface area contributed by atoms with Gasteiger partial charge < -0.3 is 15.7 Å². The predicted molar refractivity (Wildman–Crippen MR) is 161 cm³/mol. The Hall–Kier alpha value is -4.00. The summed E-state index contributed by atoms with van der Waals surface area (Å²) < 4.78 is 38.4. The second-order valence-electron chi connectivity index (χ2n) is 11.7. The number of fused-ring (bicyclic) bond motifs is 1. The second kappa shape index (κ2) is 14.7. The number of carboxylic acids is 1. The van der Waals surface area contributed by atoms with Crippen LogP contribution in [0.2, 0.25) is 0 Å². The van der Waals surface area contributed by atoms with Crippen LogP contribution in [0.5, 0.6) is 0 Å². The average Bonchev–Trinajstić information content (AvgIpc) is 2.92. The topological polar surface area (TPSA) is 141 Å². The van der Waals surface area contributed by atoms with Crippen LogP contribution in [-0.4, -0.2) is 69.6 Å². The summed E-state index contributed by atoms with van der Waals surface area (Å²) in [4.78, 5) is 54.7. The van der Waals surface area contributed by atoms with Crippen LogP contribution in [0.1, 0.15) is 66.1 Å². The Balaban J connectivity index is 0.00000675. The van der Waals surface area contributed by atoms with Gasteiger partial charge >= 0.3 is 12.1 Å². The van der Waals surface area contributed by atoms with Crippen LogP contribution in [0.3, 0.4) is 0 Å². The lowest BCUT2D eigenvalue weighted by atomic mass is 9.89. The number of nitrogens with zero attached hydrogens (tertiary/aromatic N) is 2. The molecule has 1 fully saturated rings. The minimum atomic E-state index is -4.37. The molecule has 0 aliphatic carbocycles. The Morgan fingerprint density at radius 3 is 2.39 bits per heavy atom. The van der Waals surface area contributed by atoms with Crippen molar-refractivity contribution >= 4 is 40.7 Å². The summed E-state index contributed by atoms with van der Waals surface area (Å²) in [6.45, 7) is 8.60. The molecule has 44 heavy (non-hydrogen) atoms. The van der Waals surface area contributed by atoms with E-state index in [-0.39, 0.29) is 19.0 Å². The number of pyridine rings is 1. The van der Waals surface area contributed by atoms with Gasteiger partial charge in [-0.25, -0.2) is 5.43 Å². The van der Waals surface area contributed by atoms with E-state index in [0.717, 1.165) is 0 Å². The number of hydrogen-bond acceptors (Lipinski definition) is 6. The summed E-state index contributed by atoms with van der Waals surface area (Å²) in [5, 5.41) is 16.5. The summed E-state index contributed by atoms with van der Waals surface area (Å²) in [5.41, 5.74) is 2.52. The Bertz CT molecular complexity index is 1390. The van der Waals surface area contributed by atoms with E-state index < -0.39 is 59.8 Å². The monoisotopic (exact) mass is 621 g/mol. The third kappa shape index (κ3) is 9.76. The average molecular weight is 622 g/mol. The number of halogens is 3. The molecule has 2 heterocycles. The molecule has 1 aliphatic rings. The maximum Gasteiger partial charge on any atom is 0.394 e. The smallest absolute Gasteiger partial charge is 0.394 e. The van der Waals surface area contributed by atoms with Crippen molar-refractivity contribution in [2.75, 3.05) is 6.54 Å². The zero-order chi connectivity index (χ0) is 32.1. The molecule has 1 aliphatic heterocycles. The van der Waals surface area contributed by atoms with Crippen LogP contribution in [0.4, 0.5) is 13.2 Å². The van der Waals surface area contributed by atoms with Crippen molar-refractivity contribution in [3.8, 4) is 0 Å². The standard InChI is InChI=1S/C30H38F3N5O5.CH4/c1-17(2)24(25(39)34-18(3)26(40)38-14-6-7-22(37-38)27(41)42)36-28(43)29(4,5)13-12-19-8-9-20-10-11-21(16-30(31,32)33)35-23(20)15-19;/h8-13,15,17-18,22,24,37H,6-7,14,16H2,1-5H3,(H,34,39)(H,36,43)(H,41,42);1H4/b13-12+;. The Kier molecular flexibility index (Phi) is 12.1. The lowest BCUT2D eigenvalue weighted by molar-refractivity contribution is -0.148. The summed E-state index contributed by atoms with van der Waals surface area (Å²) in [6.07, 6.45) is -1.33. The van der Waals surface area contributed by atoms with Crippen LogP contribution in [0.15, 0.2) is 36.4 Å². The van der Waals surface area contributed by atoms with Crippen molar-refractivity contribution in [2.24, 2.45) is 11.3 Å². The van der Waals surface area contributed by atoms with Gasteiger partial charge in [-0.1, -0.05) is 51.6 Å². The Labute approximate surface area is 255 Å². The molecule has 2 aromatic rings. The Morgan fingerprint density at radius 1 is 1.11 bits per heavy atom. The highest BCUT2D eigenvalue weighted by atomic mass is 19.4. The summed E-state index contributed by atoms with van der Waals surface area (Å²) in [5.74, 6) is -2.91. The summed E-state index contributed by atoms with van der Waals surface area (Å²) in [6, 6.07) is 5.22. The van der Waals surface area contributed by atoms with E-state index in [1.807, 2.05) is 0 Å². The predicted octanol–water partition coefficient (Wildman–Crippen LogP) is 4.24. The van der Waals surface area contributed by atoms with Crippen molar-refractivity contribution in [1.29, 1.82) is 0 Å². The summed E-state index contributed by atoms with van der Waals surface area (Å²) >= 11 is 0. The maximum absolute atomic E-state index is 13.3. The number of alkyl halides is 3. The number of carboxylic acid groups (broad SMARTS) is 1. The molecule has 0 saturated carbocycles. The molecule has 1 aromatic heterocycles. The first-order chi connectivity index (χ1) is 20.0. The lowest BCUT2D eigenvalue weighted by Crippen LogP contribution is -2.61. The first-order valence-corrected chi connectivity index (χ1v) is 14.0. The van der Waals surface area contributed by atoms with Crippen LogP contribution in [0, 0.1) is 11.3 Å². The molecule has 0 spiro atoms. The second-order valence-corrected chi connectivity index (χ2v) is 11.7. The number of aliphatic carboxylic acids is 1. The van der Waals surface area contributed by atoms with Gasteiger partial charge in [0.15, 0.2) is 0 Å². The largest absolute Gasteiger partial charge is 0.480 e. The fraction of sp³-hybridized carbons (Fsp3) is 0.516. The molecule has 4 N–H and O–H groups in total. The molecule has 242 valence electrons. The highest BCUT2D eigenvalue weighted by Gasteiger charge is 2.34. The number of aromatic nitrogens is 1. The van der Waals surface area contributed by atoms with E-state index in [1.54, 1.807) is 64.1 Å². The van der Waals surface area contributed by atoms with Crippen LogP contribution in [-0.2, 0) is 25.6 Å². The van der Waals surface area contributed by atoms with Crippen molar-refractivity contribution in [2.45, 2.75) is 85.6 Å². The van der Waals surface area contributed by atoms with E-state index >= 15 is 0 Å². The van der Waals surface area contributed by atoms with E-state index in [9.17, 15) is 37.5 Å². The number of hydrazine groups is 1. The molecule has 13 heteroatoms. The number of nitrogens with one attached hydrogen (secondary N) is 3. The summed E-state index contributed by atoms with van der Waals surface area (Å²) in [7, 11) is 0. The number of benzene rings is 1. The fourth-order valence-electron chi connectivity index (χ4n) is 4.55. The zero-order valence-electron chi connectivity index (χ0n) is 24.8. The quantitative estimate of drug-likeness (QED) is 0.311. The highest BCUT2D eigenvalue weighted by molar-refractivity contribution is 5.94. The fourth-order valence-corrected chi connectivity index (χ4v) is 4.55. The number of rotatable bonds is 10. The molecule has 1 aromatic carbocycles. The Morgan fingerprint density at radius 2 is 1.77 bits per heavy atom.